The Balaban J connectivity index is 1.88. The molecule has 11 unspecified atom stereocenters. The number of benzene rings is 1. The minimum absolute atomic E-state index is 0.00980. The molecule has 11 atom stereocenters. The summed E-state index contributed by atoms with van der Waals surface area (Å²) < 4.78 is 23.5. The van der Waals surface area contributed by atoms with Gasteiger partial charge in [-0.2, -0.15) is 0 Å². The number of nitrogens with one attached hydrogen (secondary N) is 1. The van der Waals surface area contributed by atoms with E-state index in [2.05, 4.69) is 19.2 Å². The number of methoxy groups -OCH3 is 1. The third-order valence-corrected chi connectivity index (χ3v) is 10.6. The molecule has 50 heavy (non-hydrogen) atoms. The van der Waals surface area contributed by atoms with E-state index in [0.717, 1.165) is 24.0 Å². The predicted octanol–water partition coefficient (Wildman–Crippen LogP) is 6.88. The van der Waals surface area contributed by atoms with Crippen LogP contribution in [0, 0.1) is 17.8 Å². The van der Waals surface area contributed by atoms with Crippen molar-refractivity contribution in [1.29, 1.82) is 0 Å². The Labute approximate surface area is 304 Å². The molecule has 280 valence electrons. The predicted molar refractivity (Wildman–Crippen MR) is 197 cm³/mol. The first-order chi connectivity index (χ1) is 23.5. The van der Waals surface area contributed by atoms with Gasteiger partial charge in [0.15, 0.2) is 0 Å². The molecule has 0 aromatic heterocycles. The first-order valence-corrected chi connectivity index (χ1v) is 18.4. The highest BCUT2D eigenvalue weighted by Crippen LogP contribution is 2.39. The summed E-state index contributed by atoms with van der Waals surface area (Å²) in [4.78, 5) is 25.1. The molecule has 0 saturated carbocycles. The van der Waals surface area contributed by atoms with Gasteiger partial charge in [0.2, 0.25) is 0 Å². The molecule has 2 aliphatic rings. The minimum atomic E-state index is -1.32. The molecule has 1 aromatic carbocycles. The summed E-state index contributed by atoms with van der Waals surface area (Å²) in [6.45, 7) is 15.3. The number of hydrogen-bond donors (Lipinski definition) is 3. The zero-order valence-corrected chi connectivity index (χ0v) is 32.1. The molecule has 3 rings (SSSR count). The highest BCUT2D eigenvalue weighted by atomic mass is 35.5. The van der Waals surface area contributed by atoms with Crippen LogP contribution in [0.2, 0.25) is 5.02 Å². The molecule has 10 heteroatoms. The van der Waals surface area contributed by atoms with Crippen LogP contribution >= 0.6 is 11.6 Å². The number of epoxide rings is 1. The van der Waals surface area contributed by atoms with Gasteiger partial charge in [-0.05, 0) is 75.3 Å². The second-order valence-corrected chi connectivity index (χ2v) is 15.1. The van der Waals surface area contributed by atoms with Gasteiger partial charge >= 0.3 is 11.9 Å². The van der Waals surface area contributed by atoms with Gasteiger partial charge in [-0.15, -0.1) is 0 Å². The zero-order chi connectivity index (χ0) is 37.2. The van der Waals surface area contributed by atoms with E-state index < -0.39 is 35.4 Å². The van der Waals surface area contributed by atoms with Crippen molar-refractivity contribution < 1.29 is 38.7 Å². The van der Waals surface area contributed by atoms with Crippen molar-refractivity contribution in [2.75, 3.05) is 7.11 Å². The Hall–Kier alpha value is -2.53. The summed E-state index contributed by atoms with van der Waals surface area (Å²) in [5, 5.41) is 27.4. The molecular formula is C40H60ClNO8. The van der Waals surface area contributed by atoms with Crippen LogP contribution < -0.4 is 5.32 Å². The summed E-state index contributed by atoms with van der Waals surface area (Å²) in [6, 6.07) is 7.15. The maximum absolute atomic E-state index is 13.2. The molecule has 0 amide bonds. The third-order valence-electron chi connectivity index (χ3n) is 10.3. The van der Waals surface area contributed by atoms with Gasteiger partial charge < -0.3 is 34.5 Å². The third kappa shape index (κ3) is 12.0. The minimum Gasteiger partial charge on any atom is -0.457 e. The molecule has 1 aromatic rings. The van der Waals surface area contributed by atoms with Crippen LogP contribution in [0.3, 0.4) is 0 Å². The van der Waals surface area contributed by atoms with Crippen molar-refractivity contribution in [3.63, 3.8) is 0 Å². The monoisotopic (exact) mass is 717 g/mol. The average molecular weight is 718 g/mol. The summed E-state index contributed by atoms with van der Waals surface area (Å²) in [5.41, 5.74) is -0.816. The van der Waals surface area contributed by atoms with Crippen LogP contribution in [0.15, 0.2) is 60.2 Å². The lowest BCUT2D eigenvalue weighted by molar-refractivity contribution is -0.156. The van der Waals surface area contributed by atoms with Crippen molar-refractivity contribution >= 4 is 23.5 Å². The summed E-state index contributed by atoms with van der Waals surface area (Å²) in [7, 11) is 1.71. The topological polar surface area (TPSA) is 127 Å². The van der Waals surface area contributed by atoms with Gasteiger partial charge in [-0.3, -0.25) is 9.59 Å². The molecule has 0 aliphatic carbocycles. The van der Waals surface area contributed by atoms with E-state index in [1.807, 2.05) is 57.2 Å². The summed E-state index contributed by atoms with van der Waals surface area (Å²) in [5.74, 6) is -0.943. The quantitative estimate of drug-likeness (QED) is 0.0817. The Morgan fingerprint density at radius 1 is 1.20 bits per heavy atom. The SMILES string of the molecule is CCC1CCC(C)(O)C(OC(C)=O)C=CC(C)C(C(C)=CC=CC(C)(O)C(NCc2ccc(Cl)cc2)C2OC2C(C)C(CC)OC)OC(=O)C1. The van der Waals surface area contributed by atoms with Gasteiger partial charge in [0.1, 0.15) is 23.9 Å². The Bertz CT molecular complexity index is 1340. The number of esters is 2. The van der Waals surface area contributed by atoms with E-state index >= 15 is 0 Å². The number of allylic oxidation sites excluding steroid dienone is 2. The number of halogens is 1. The molecule has 0 spiro atoms. The molecular weight excluding hydrogens is 658 g/mol. The summed E-state index contributed by atoms with van der Waals surface area (Å²) in [6.07, 6.45) is 9.93. The van der Waals surface area contributed by atoms with Crippen molar-refractivity contribution in [3.05, 3.63) is 70.8 Å². The number of cyclic esters (lactones) is 1. The molecule has 0 radical (unpaired) electrons. The first kappa shape index (κ1) is 41.9. The lowest BCUT2D eigenvalue weighted by Gasteiger charge is -2.33. The van der Waals surface area contributed by atoms with Crippen molar-refractivity contribution in [2.24, 2.45) is 17.8 Å². The van der Waals surface area contributed by atoms with Crippen molar-refractivity contribution in [2.45, 2.75) is 142 Å². The Morgan fingerprint density at radius 3 is 2.48 bits per heavy atom. The van der Waals surface area contributed by atoms with E-state index in [-0.39, 0.29) is 48.5 Å². The van der Waals surface area contributed by atoms with Crippen molar-refractivity contribution in [3.8, 4) is 0 Å². The maximum atomic E-state index is 13.2. The van der Waals surface area contributed by atoms with E-state index in [4.69, 9.17) is 30.5 Å². The maximum Gasteiger partial charge on any atom is 0.306 e. The van der Waals surface area contributed by atoms with Crippen LogP contribution in [-0.2, 0) is 35.1 Å². The number of ether oxygens (including phenoxy) is 4. The highest BCUT2D eigenvalue weighted by Gasteiger charge is 2.54. The number of aliphatic hydroxyl groups is 2. The fourth-order valence-electron chi connectivity index (χ4n) is 6.93. The van der Waals surface area contributed by atoms with Gasteiger partial charge in [-0.1, -0.05) is 82.2 Å². The number of rotatable bonds is 14. The molecule has 2 aliphatic heterocycles. The van der Waals surface area contributed by atoms with Crippen LogP contribution in [0.25, 0.3) is 0 Å². The smallest absolute Gasteiger partial charge is 0.306 e. The van der Waals surface area contributed by atoms with Crippen LogP contribution in [0.4, 0.5) is 0 Å². The van der Waals surface area contributed by atoms with Crippen LogP contribution in [-0.4, -0.2) is 77.0 Å². The van der Waals surface area contributed by atoms with Gasteiger partial charge in [0.25, 0.3) is 0 Å². The lowest BCUT2D eigenvalue weighted by atomic mass is 9.85. The molecule has 2 heterocycles. The Kier molecular flexibility index (Phi) is 15.8. The lowest BCUT2D eigenvalue weighted by Crippen LogP contribution is -2.52. The second-order valence-electron chi connectivity index (χ2n) is 14.6. The Morgan fingerprint density at radius 2 is 1.88 bits per heavy atom. The first-order valence-electron chi connectivity index (χ1n) is 18.0. The number of carbonyl (C=O) groups excluding carboxylic acids is 2. The van der Waals surface area contributed by atoms with Gasteiger partial charge in [0.05, 0.1) is 23.9 Å². The number of hydrogen-bond acceptors (Lipinski definition) is 9. The standard InChI is InChI=1S/C40H60ClNO8/c1-10-29-20-22-39(7,45)33(48-28(6)43)19-14-26(4)35(49-34(44)23-29)25(3)13-12-21-40(8,46)38(42-24-30-15-17-31(41)18-16-30)37-36(50-37)27(5)32(11-2)47-9/h12-19,21,26-27,29,32-33,35-38,42,45-46H,10-11,20,22-24H2,1-9H3. The van der Waals surface area contributed by atoms with Gasteiger partial charge in [-0.25, -0.2) is 0 Å². The molecule has 3 N–H and O–H groups in total. The molecule has 0 bridgehead atoms. The zero-order valence-electron chi connectivity index (χ0n) is 31.4. The van der Waals surface area contributed by atoms with Gasteiger partial charge in [0, 0.05) is 43.9 Å². The van der Waals surface area contributed by atoms with E-state index in [1.165, 1.54) is 6.92 Å². The van der Waals surface area contributed by atoms with E-state index in [0.29, 0.717) is 24.4 Å². The second kappa shape index (κ2) is 18.8. The molecule has 9 nitrogen and oxygen atoms in total. The normalized spacial score (nSPS) is 31.1. The van der Waals surface area contributed by atoms with Crippen LogP contribution in [0.1, 0.15) is 93.1 Å². The summed E-state index contributed by atoms with van der Waals surface area (Å²) >= 11 is 6.10. The van der Waals surface area contributed by atoms with Crippen LogP contribution in [0.5, 0.6) is 0 Å². The number of carbonyl (C=O) groups is 2. The molecule has 1 fully saturated rings. The van der Waals surface area contributed by atoms with E-state index in [1.54, 1.807) is 39.2 Å². The average Bonchev–Trinajstić information content (AvgIpc) is 3.84. The van der Waals surface area contributed by atoms with Crippen molar-refractivity contribution in [1.82, 2.24) is 5.32 Å². The highest BCUT2D eigenvalue weighted by molar-refractivity contribution is 6.30. The fraction of sp³-hybridized carbons (Fsp3) is 0.650. The molecule has 1 saturated heterocycles. The fourth-order valence-corrected chi connectivity index (χ4v) is 7.06. The van der Waals surface area contributed by atoms with E-state index in [9.17, 15) is 19.8 Å². The largest absolute Gasteiger partial charge is 0.457 e.